The average molecular weight is 334 g/mol. The highest BCUT2D eigenvalue weighted by Gasteiger charge is 2.14. The molecule has 2 N–H and O–H groups in total. The molecule has 1 heterocycles. The van der Waals surface area contributed by atoms with Crippen LogP contribution in [-0.2, 0) is 0 Å². The van der Waals surface area contributed by atoms with Crippen LogP contribution in [0.5, 0.6) is 0 Å². The Kier molecular flexibility index (Phi) is 4.63. The van der Waals surface area contributed by atoms with Gasteiger partial charge in [0.05, 0.1) is 0 Å². The minimum Gasteiger partial charge on any atom is -0.383 e. The van der Waals surface area contributed by atoms with Crippen molar-refractivity contribution in [3.8, 4) is 0 Å². The van der Waals surface area contributed by atoms with Gasteiger partial charge in [-0.1, -0.05) is 54.6 Å². The fourth-order valence-electron chi connectivity index (χ4n) is 2.16. The SMILES string of the molecule is Nc1csc(C(=O)c2cccc(C(=O)C=Cc3ccccc3)c2)n1. The molecule has 0 amide bonds. The van der Waals surface area contributed by atoms with Crippen LogP contribution in [0.2, 0.25) is 0 Å². The largest absolute Gasteiger partial charge is 0.383 e. The molecule has 0 saturated heterocycles. The maximum absolute atomic E-state index is 12.4. The van der Waals surface area contributed by atoms with Gasteiger partial charge < -0.3 is 5.73 Å². The third-order valence-electron chi connectivity index (χ3n) is 3.35. The van der Waals surface area contributed by atoms with E-state index in [-0.39, 0.29) is 11.6 Å². The van der Waals surface area contributed by atoms with Gasteiger partial charge in [0.15, 0.2) is 10.8 Å². The van der Waals surface area contributed by atoms with E-state index in [1.807, 2.05) is 30.3 Å². The summed E-state index contributed by atoms with van der Waals surface area (Å²) in [5, 5.41) is 1.93. The zero-order chi connectivity index (χ0) is 16.9. The number of hydrogen-bond donors (Lipinski definition) is 1. The van der Waals surface area contributed by atoms with Crippen molar-refractivity contribution in [3.63, 3.8) is 0 Å². The Bertz CT molecular complexity index is 914. The molecule has 0 atom stereocenters. The first-order chi connectivity index (χ1) is 11.6. The number of nitrogen functional groups attached to an aromatic ring is 1. The van der Waals surface area contributed by atoms with Gasteiger partial charge in [0.25, 0.3) is 0 Å². The smallest absolute Gasteiger partial charge is 0.221 e. The first kappa shape index (κ1) is 15.8. The number of benzene rings is 2. The maximum atomic E-state index is 12.4. The summed E-state index contributed by atoms with van der Waals surface area (Å²) in [7, 11) is 0. The normalized spacial score (nSPS) is 10.8. The summed E-state index contributed by atoms with van der Waals surface area (Å²) in [6.45, 7) is 0. The Morgan fingerprint density at radius 2 is 1.75 bits per heavy atom. The topological polar surface area (TPSA) is 73.1 Å². The van der Waals surface area contributed by atoms with Crippen molar-refractivity contribution in [2.45, 2.75) is 0 Å². The van der Waals surface area contributed by atoms with Crippen LogP contribution in [0.1, 0.15) is 31.3 Å². The summed E-state index contributed by atoms with van der Waals surface area (Å²) >= 11 is 1.19. The van der Waals surface area contributed by atoms with Crippen molar-refractivity contribution in [1.82, 2.24) is 4.98 Å². The molecule has 0 spiro atoms. The number of anilines is 1. The van der Waals surface area contributed by atoms with Crippen LogP contribution in [0, 0.1) is 0 Å². The van der Waals surface area contributed by atoms with Crippen LogP contribution in [0.3, 0.4) is 0 Å². The number of thiazole rings is 1. The van der Waals surface area contributed by atoms with Crippen LogP contribution in [0.15, 0.2) is 66.1 Å². The molecule has 3 aromatic rings. The number of hydrogen-bond acceptors (Lipinski definition) is 5. The van der Waals surface area contributed by atoms with E-state index in [0.29, 0.717) is 22.0 Å². The molecule has 0 unspecified atom stereocenters. The second-order valence-corrected chi connectivity index (χ2v) is 5.95. The highest BCUT2D eigenvalue weighted by Crippen LogP contribution is 2.17. The zero-order valence-electron chi connectivity index (χ0n) is 12.7. The fraction of sp³-hybridized carbons (Fsp3) is 0. The highest BCUT2D eigenvalue weighted by atomic mass is 32.1. The number of ketones is 2. The molecule has 3 rings (SSSR count). The van der Waals surface area contributed by atoms with Gasteiger partial charge in [-0.05, 0) is 17.7 Å². The molecule has 4 nitrogen and oxygen atoms in total. The Hall–Kier alpha value is -3.05. The summed E-state index contributed by atoms with van der Waals surface area (Å²) in [4.78, 5) is 28.7. The summed E-state index contributed by atoms with van der Waals surface area (Å²) < 4.78 is 0. The van der Waals surface area contributed by atoms with Crippen molar-refractivity contribution >= 4 is 34.8 Å². The standard InChI is InChI=1S/C19H14N2O2S/c20-17-12-24-19(21-17)18(23)15-8-4-7-14(11-15)16(22)10-9-13-5-2-1-3-6-13/h1-12H,20H2. The summed E-state index contributed by atoms with van der Waals surface area (Å²) in [5.41, 5.74) is 7.37. The second kappa shape index (κ2) is 7.02. The predicted octanol–water partition coefficient (Wildman–Crippen LogP) is 3.85. The van der Waals surface area contributed by atoms with E-state index >= 15 is 0 Å². The van der Waals surface area contributed by atoms with E-state index in [1.165, 1.54) is 17.4 Å². The van der Waals surface area contributed by atoms with Crippen LogP contribution in [-0.4, -0.2) is 16.6 Å². The van der Waals surface area contributed by atoms with E-state index in [2.05, 4.69) is 4.98 Å². The molecule has 0 bridgehead atoms. The van der Waals surface area contributed by atoms with Crippen LogP contribution in [0.4, 0.5) is 5.82 Å². The van der Waals surface area contributed by atoms with Crippen LogP contribution in [0.25, 0.3) is 6.08 Å². The first-order valence-corrected chi connectivity index (χ1v) is 8.15. The number of nitrogens with two attached hydrogens (primary N) is 1. The Morgan fingerprint density at radius 3 is 2.46 bits per heavy atom. The lowest BCUT2D eigenvalue weighted by molar-refractivity contribution is 0.103. The quantitative estimate of drug-likeness (QED) is 0.568. The molecule has 2 aromatic carbocycles. The summed E-state index contributed by atoms with van der Waals surface area (Å²) in [6, 6.07) is 16.2. The number of nitrogens with zero attached hydrogens (tertiary/aromatic N) is 1. The van der Waals surface area contributed by atoms with E-state index in [1.54, 1.807) is 35.7 Å². The lowest BCUT2D eigenvalue weighted by Crippen LogP contribution is -2.03. The fourth-order valence-corrected chi connectivity index (χ4v) is 2.83. The Balaban J connectivity index is 1.81. The minimum absolute atomic E-state index is 0.160. The molecular formula is C19H14N2O2S. The molecule has 0 aliphatic heterocycles. The van der Waals surface area contributed by atoms with Crippen LogP contribution < -0.4 is 5.73 Å². The van der Waals surface area contributed by atoms with Crippen LogP contribution >= 0.6 is 11.3 Å². The number of aromatic nitrogens is 1. The van der Waals surface area contributed by atoms with E-state index in [4.69, 9.17) is 5.73 Å². The maximum Gasteiger partial charge on any atom is 0.221 e. The molecule has 118 valence electrons. The van der Waals surface area contributed by atoms with Crippen molar-refractivity contribution in [2.75, 3.05) is 5.73 Å². The molecule has 0 saturated carbocycles. The third kappa shape index (κ3) is 3.64. The van der Waals surface area contributed by atoms with Gasteiger partial charge in [-0.15, -0.1) is 11.3 Å². The van der Waals surface area contributed by atoms with E-state index < -0.39 is 0 Å². The minimum atomic E-state index is -0.238. The number of rotatable bonds is 5. The lowest BCUT2D eigenvalue weighted by Gasteiger charge is -2.01. The summed E-state index contributed by atoms with van der Waals surface area (Å²) in [5.74, 6) is -0.0769. The third-order valence-corrected chi connectivity index (χ3v) is 4.21. The number of allylic oxidation sites excluding steroid dienone is 1. The number of carbonyl (C=O) groups excluding carboxylic acids is 2. The van der Waals surface area contributed by atoms with Gasteiger partial charge in [0.1, 0.15) is 5.82 Å². The van der Waals surface area contributed by atoms with Gasteiger partial charge in [0.2, 0.25) is 5.78 Å². The number of carbonyl (C=O) groups is 2. The zero-order valence-corrected chi connectivity index (χ0v) is 13.5. The average Bonchev–Trinajstić information content (AvgIpc) is 3.06. The van der Waals surface area contributed by atoms with Crippen molar-refractivity contribution in [1.29, 1.82) is 0 Å². The molecule has 5 heteroatoms. The van der Waals surface area contributed by atoms with Gasteiger partial charge in [-0.25, -0.2) is 4.98 Å². The van der Waals surface area contributed by atoms with Gasteiger partial charge in [0, 0.05) is 16.5 Å². The monoisotopic (exact) mass is 334 g/mol. The molecule has 24 heavy (non-hydrogen) atoms. The predicted molar refractivity (Wildman–Crippen MR) is 96.2 cm³/mol. The molecule has 1 aromatic heterocycles. The Morgan fingerprint density at radius 1 is 1.00 bits per heavy atom. The lowest BCUT2D eigenvalue weighted by atomic mass is 10.0. The molecule has 0 fully saturated rings. The van der Waals surface area contributed by atoms with E-state index in [9.17, 15) is 9.59 Å². The molecule has 0 aliphatic rings. The van der Waals surface area contributed by atoms with Gasteiger partial charge in [-0.3, -0.25) is 9.59 Å². The van der Waals surface area contributed by atoms with Gasteiger partial charge in [-0.2, -0.15) is 0 Å². The molecule has 0 radical (unpaired) electrons. The molecular weight excluding hydrogens is 320 g/mol. The Labute approximate surface area is 143 Å². The summed E-state index contributed by atoms with van der Waals surface area (Å²) in [6.07, 6.45) is 3.25. The van der Waals surface area contributed by atoms with Crippen molar-refractivity contribution < 1.29 is 9.59 Å². The van der Waals surface area contributed by atoms with Crippen molar-refractivity contribution in [3.05, 3.63) is 87.8 Å². The second-order valence-electron chi connectivity index (χ2n) is 5.10. The van der Waals surface area contributed by atoms with E-state index in [0.717, 1.165) is 5.56 Å². The highest BCUT2D eigenvalue weighted by molar-refractivity contribution is 7.12. The van der Waals surface area contributed by atoms with Gasteiger partial charge >= 0.3 is 0 Å². The van der Waals surface area contributed by atoms with Crippen molar-refractivity contribution in [2.24, 2.45) is 0 Å². The molecule has 0 aliphatic carbocycles. The first-order valence-electron chi connectivity index (χ1n) is 7.27.